The number of aromatic nitrogens is 1. The van der Waals surface area contributed by atoms with Gasteiger partial charge in [0.25, 0.3) is 17.4 Å². The van der Waals surface area contributed by atoms with Gasteiger partial charge in [0.2, 0.25) is 0 Å². The molecule has 0 radical (unpaired) electrons. The van der Waals surface area contributed by atoms with Crippen molar-refractivity contribution in [3.05, 3.63) is 81.6 Å². The SMILES string of the molecule is CCCOc1ccc(C(=O)NNC(=O)c2ccc(-c3cccc(C)c3)[nH]c2=O)cc1OC. The summed E-state index contributed by atoms with van der Waals surface area (Å²) in [7, 11) is 1.48. The largest absolute Gasteiger partial charge is 0.493 e. The Kier molecular flexibility index (Phi) is 7.28. The first kappa shape index (κ1) is 22.6. The molecule has 0 saturated carbocycles. The standard InChI is InChI=1S/C24H25N3O5/c1-4-12-32-20-11-8-17(14-21(20)31-3)22(28)26-27-24(30)18-9-10-19(25-23(18)29)16-7-5-6-15(2)13-16/h5-11,13-14H,4,12H2,1-3H3,(H,25,29)(H,26,28)(H,27,30). The van der Waals surface area contributed by atoms with E-state index in [1.165, 1.54) is 19.2 Å². The van der Waals surface area contributed by atoms with Gasteiger partial charge in [-0.15, -0.1) is 0 Å². The predicted octanol–water partition coefficient (Wildman–Crippen LogP) is 3.22. The maximum atomic E-state index is 12.4. The number of carbonyl (C=O) groups is 2. The average Bonchev–Trinajstić information content (AvgIpc) is 2.80. The zero-order valence-corrected chi connectivity index (χ0v) is 18.2. The van der Waals surface area contributed by atoms with E-state index in [-0.39, 0.29) is 11.1 Å². The Morgan fingerprint density at radius 2 is 1.75 bits per heavy atom. The molecule has 0 unspecified atom stereocenters. The van der Waals surface area contributed by atoms with Crippen LogP contribution in [0.25, 0.3) is 11.3 Å². The monoisotopic (exact) mass is 435 g/mol. The zero-order chi connectivity index (χ0) is 23.1. The molecule has 2 aromatic carbocycles. The summed E-state index contributed by atoms with van der Waals surface area (Å²) >= 11 is 0. The molecule has 0 fully saturated rings. The molecule has 1 aromatic heterocycles. The smallest absolute Gasteiger partial charge is 0.275 e. The van der Waals surface area contributed by atoms with E-state index in [2.05, 4.69) is 15.8 Å². The highest BCUT2D eigenvalue weighted by Gasteiger charge is 2.15. The first-order valence-electron chi connectivity index (χ1n) is 10.1. The van der Waals surface area contributed by atoms with Gasteiger partial charge in [0.05, 0.1) is 13.7 Å². The van der Waals surface area contributed by atoms with Crippen molar-refractivity contribution in [2.75, 3.05) is 13.7 Å². The van der Waals surface area contributed by atoms with Gasteiger partial charge in [0, 0.05) is 11.3 Å². The number of pyridine rings is 1. The maximum Gasteiger partial charge on any atom is 0.275 e. The van der Waals surface area contributed by atoms with E-state index >= 15 is 0 Å². The van der Waals surface area contributed by atoms with Crippen LogP contribution in [0.1, 0.15) is 39.6 Å². The number of H-pyrrole nitrogens is 1. The molecule has 1 heterocycles. The number of amides is 2. The normalized spacial score (nSPS) is 10.3. The minimum Gasteiger partial charge on any atom is -0.493 e. The fraction of sp³-hybridized carbons (Fsp3) is 0.208. The number of ether oxygens (including phenoxy) is 2. The van der Waals surface area contributed by atoms with E-state index in [4.69, 9.17) is 9.47 Å². The molecule has 3 aromatic rings. The highest BCUT2D eigenvalue weighted by Crippen LogP contribution is 2.28. The van der Waals surface area contributed by atoms with Gasteiger partial charge in [-0.1, -0.05) is 30.7 Å². The molecule has 0 atom stereocenters. The number of hydrogen-bond donors (Lipinski definition) is 3. The lowest BCUT2D eigenvalue weighted by Gasteiger charge is -2.12. The highest BCUT2D eigenvalue weighted by molar-refractivity contribution is 5.99. The second kappa shape index (κ2) is 10.3. The van der Waals surface area contributed by atoms with Crippen LogP contribution in [0.15, 0.2) is 59.4 Å². The summed E-state index contributed by atoms with van der Waals surface area (Å²) in [5, 5.41) is 0. The van der Waals surface area contributed by atoms with Crippen molar-refractivity contribution in [3.8, 4) is 22.8 Å². The summed E-state index contributed by atoms with van der Waals surface area (Å²) in [6.07, 6.45) is 0.836. The second-order valence-electron chi connectivity index (χ2n) is 7.11. The number of nitrogens with one attached hydrogen (secondary N) is 3. The van der Waals surface area contributed by atoms with Crippen molar-refractivity contribution < 1.29 is 19.1 Å². The van der Waals surface area contributed by atoms with E-state index in [1.807, 2.05) is 38.1 Å². The van der Waals surface area contributed by atoms with Crippen LogP contribution in [0.2, 0.25) is 0 Å². The van der Waals surface area contributed by atoms with Gasteiger partial charge >= 0.3 is 0 Å². The second-order valence-corrected chi connectivity index (χ2v) is 7.11. The molecule has 0 aliphatic carbocycles. The number of aromatic amines is 1. The van der Waals surface area contributed by atoms with Gasteiger partial charge in [0.15, 0.2) is 11.5 Å². The quantitative estimate of drug-likeness (QED) is 0.494. The number of rotatable bonds is 7. The molecule has 0 aliphatic heterocycles. The molecule has 166 valence electrons. The number of benzene rings is 2. The van der Waals surface area contributed by atoms with Crippen LogP contribution in [0.3, 0.4) is 0 Å². The highest BCUT2D eigenvalue weighted by atomic mass is 16.5. The predicted molar refractivity (Wildman–Crippen MR) is 121 cm³/mol. The van der Waals surface area contributed by atoms with Gasteiger partial charge in [-0.2, -0.15) is 0 Å². The van der Waals surface area contributed by atoms with Crippen LogP contribution in [-0.4, -0.2) is 30.5 Å². The van der Waals surface area contributed by atoms with E-state index in [0.29, 0.717) is 23.8 Å². The lowest BCUT2D eigenvalue weighted by atomic mass is 10.1. The van der Waals surface area contributed by atoms with Gasteiger partial charge < -0.3 is 14.5 Å². The topological polar surface area (TPSA) is 110 Å². The summed E-state index contributed by atoms with van der Waals surface area (Å²) in [4.78, 5) is 39.9. The van der Waals surface area contributed by atoms with Crippen LogP contribution >= 0.6 is 0 Å². The molecule has 2 amide bonds. The Balaban J connectivity index is 1.67. The Bertz CT molecular complexity index is 1190. The van der Waals surface area contributed by atoms with Crippen LogP contribution < -0.4 is 25.9 Å². The third-order valence-corrected chi connectivity index (χ3v) is 4.66. The maximum absolute atomic E-state index is 12.4. The van der Waals surface area contributed by atoms with Crippen molar-refractivity contribution in [3.63, 3.8) is 0 Å². The minimum atomic E-state index is -0.731. The van der Waals surface area contributed by atoms with E-state index < -0.39 is 17.4 Å². The van der Waals surface area contributed by atoms with Crippen molar-refractivity contribution in [1.29, 1.82) is 0 Å². The third-order valence-electron chi connectivity index (χ3n) is 4.66. The summed E-state index contributed by atoms with van der Waals surface area (Å²) in [5.74, 6) is -0.368. The summed E-state index contributed by atoms with van der Waals surface area (Å²) in [6, 6.07) is 15.4. The lowest BCUT2D eigenvalue weighted by molar-refractivity contribution is 0.0845. The van der Waals surface area contributed by atoms with Gasteiger partial charge in [-0.3, -0.25) is 25.2 Å². The molecule has 0 spiro atoms. The number of methoxy groups -OCH3 is 1. The molecular formula is C24H25N3O5. The van der Waals surface area contributed by atoms with Crippen LogP contribution in [-0.2, 0) is 0 Å². The molecule has 0 bridgehead atoms. The Labute approximate surface area is 185 Å². The first-order valence-corrected chi connectivity index (χ1v) is 10.1. The van der Waals surface area contributed by atoms with E-state index in [9.17, 15) is 14.4 Å². The fourth-order valence-corrected chi connectivity index (χ4v) is 3.03. The molecule has 3 rings (SSSR count). The first-order chi connectivity index (χ1) is 15.4. The molecule has 3 N–H and O–H groups in total. The number of aryl methyl sites for hydroxylation is 1. The number of hydrazine groups is 1. The van der Waals surface area contributed by atoms with Gasteiger partial charge in [-0.25, -0.2) is 0 Å². The van der Waals surface area contributed by atoms with E-state index in [0.717, 1.165) is 17.5 Å². The average molecular weight is 435 g/mol. The zero-order valence-electron chi connectivity index (χ0n) is 18.2. The number of carbonyl (C=O) groups excluding carboxylic acids is 2. The Morgan fingerprint density at radius 3 is 2.44 bits per heavy atom. The summed E-state index contributed by atoms with van der Waals surface area (Å²) < 4.78 is 10.8. The molecule has 0 saturated heterocycles. The summed E-state index contributed by atoms with van der Waals surface area (Å²) in [5.41, 5.74) is 6.62. The van der Waals surface area contributed by atoms with Crippen molar-refractivity contribution in [1.82, 2.24) is 15.8 Å². The van der Waals surface area contributed by atoms with Crippen LogP contribution in [0.5, 0.6) is 11.5 Å². The lowest BCUT2D eigenvalue weighted by Crippen LogP contribution is -2.43. The number of hydrogen-bond acceptors (Lipinski definition) is 5. The van der Waals surface area contributed by atoms with Gasteiger partial charge in [-0.05, 0) is 55.3 Å². The van der Waals surface area contributed by atoms with Crippen LogP contribution in [0.4, 0.5) is 0 Å². The molecule has 32 heavy (non-hydrogen) atoms. The third kappa shape index (κ3) is 5.34. The van der Waals surface area contributed by atoms with Gasteiger partial charge in [0.1, 0.15) is 5.56 Å². The van der Waals surface area contributed by atoms with E-state index in [1.54, 1.807) is 18.2 Å². The molecule has 0 aliphatic rings. The fourth-order valence-electron chi connectivity index (χ4n) is 3.03. The Hall–Kier alpha value is -4.07. The molecular weight excluding hydrogens is 410 g/mol. The Morgan fingerprint density at radius 1 is 0.969 bits per heavy atom. The molecule has 8 heteroatoms. The van der Waals surface area contributed by atoms with Crippen molar-refractivity contribution >= 4 is 11.8 Å². The summed E-state index contributed by atoms with van der Waals surface area (Å²) in [6.45, 7) is 4.46. The van der Waals surface area contributed by atoms with Crippen LogP contribution in [0, 0.1) is 6.92 Å². The van der Waals surface area contributed by atoms with Crippen molar-refractivity contribution in [2.24, 2.45) is 0 Å². The molecule has 8 nitrogen and oxygen atoms in total. The van der Waals surface area contributed by atoms with Crippen molar-refractivity contribution in [2.45, 2.75) is 20.3 Å². The minimum absolute atomic E-state index is 0.123.